The molecule has 0 radical (unpaired) electrons. The summed E-state index contributed by atoms with van der Waals surface area (Å²) in [6.45, 7) is 3.19. The minimum absolute atomic E-state index is 0.0590. The first-order valence-corrected chi connectivity index (χ1v) is 11.9. The van der Waals surface area contributed by atoms with Crippen LogP contribution in [-0.4, -0.2) is 71.1 Å². The Hall–Kier alpha value is -2.60. The van der Waals surface area contributed by atoms with E-state index in [2.05, 4.69) is 22.8 Å². The van der Waals surface area contributed by atoms with Gasteiger partial charge in [-0.25, -0.2) is 4.79 Å². The second kappa shape index (κ2) is 9.45. The first kappa shape index (κ1) is 24.1. The molecule has 0 aromatic heterocycles. The summed E-state index contributed by atoms with van der Waals surface area (Å²) >= 11 is 5.23. The van der Waals surface area contributed by atoms with Crippen LogP contribution in [-0.2, 0) is 18.9 Å². The summed E-state index contributed by atoms with van der Waals surface area (Å²) in [6.07, 6.45) is -4.07. The topological polar surface area (TPSA) is 119 Å². The predicted octanol–water partition coefficient (Wildman–Crippen LogP) is 2.00. The summed E-state index contributed by atoms with van der Waals surface area (Å²) in [6, 6.07) is 15.3. The second-order valence-corrected chi connectivity index (χ2v) is 9.68. The molecule has 0 bridgehead atoms. The second-order valence-electron chi connectivity index (χ2n) is 9.27. The third kappa shape index (κ3) is 4.65. The third-order valence-corrected chi connectivity index (χ3v) is 6.74. The number of aliphatic hydroxyl groups is 2. The number of thiocarbonyl (C=S) groups is 1. The predicted molar refractivity (Wildman–Crippen MR) is 130 cm³/mol. The lowest BCUT2D eigenvalue weighted by Crippen LogP contribution is -2.54. The van der Waals surface area contributed by atoms with Crippen LogP contribution in [0.15, 0.2) is 48.5 Å². The number of amides is 1. The molecule has 3 aliphatic rings. The zero-order valence-electron chi connectivity index (χ0n) is 19.3. The molecule has 2 saturated heterocycles. The highest BCUT2D eigenvalue weighted by atomic mass is 32.1. The van der Waals surface area contributed by atoms with Crippen LogP contribution in [0.25, 0.3) is 11.1 Å². The van der Waals surface area contributed by atoms with Crippen molar-refractivity contribution < 1.29 is 34.0 Å². The zero-order chi connectivity index (χ0) is 24.7. The highest BCUT2D eigenvalue weighted by molar-refractivity contribution is 7.80. The molecule has 2 aliphatic heterocycles. The van der Waals surface area contributed by atoms with Gasteiger partial charge in [-0.3, -0.25) is 5.32 Å². The Morgan fingerprint density at radius 3 is 2.34 bits per heavy atom. The molecular formula is C25H28N2O7S. The van der Waals surface area contributed by atoms with Gasteiger partial charge in [-0.15, -0.1) is 0 Å². The number of rotatable bonds is 5. The molecule has 2 fully saturated rings. The number of aliphatic hydroxyl groups excluding tert-OH is 2. The maximum atomic E-state index is 12.5. The van der Waals surface area contributed by atoms with E-state index in [-0.39, 0.29) is 17.6 Å². The number of alkyl carbamates (subject to hydrolysis) is 1. The SMILES string of the molecule is CC1(C)O[C@H]2O[C@H]([C@H](CO)NC(=S)NC(=O)OCC3c4ccccc4-c4ccccc43)[C@H](O)[C@H]2O1. The van der Waals surface area contributed by atoms with E-state index in [1.165, 1.54) is 0 Å². The van der Waals surface area contributed by atoms with E-state index in [1.54, 1.807) is 13.8 Å². The maximum Gasteiger partial charge on any atom is 0.413 e. The zero-order valence-corrected chi connectivity index (χ0v) is 20.2. The number of carbonyl (C=O) groups is 1. The van der Waals surface area contributed by atoms with Crippen LogP contribution in [0.1, 0.15) is 30.9 Å². The van der Waals surface area contributed by atoms with Crippen molar-refractivity contribution in [3.05, 3.63) is 59.7 Å². The van der Waals surface area contributed by atoms with E-state index in [0.717, 1.165) is 22.3 Å². The molecule has 0 unspecified atom stereocenters. The molecule has 5 atom stereocenters. The van der Waals surface area contributed by atoms with Gasteiger partial charge in [0.1, 0.15) is 24.9 Å². The summed E-state index contributed by atoms with van der Waals surface area (Å²) in [4.78, 5) is 12.5. The molecule has 2 aromatic carbocycles. The lowest BCUT2D eigenvalue weighted by atomic mass is 9.98. The normalized spacial score (nSPS) is 27.0. The van der Waals surface area contributed by atoms with Gasteiger partial charge in [0.2, 0.25) is 0 Å². The van der Waals surface area contributed by atoms with Gasteiger partial charge < -0.3 is 34.5 Å². The van der Waals surface area contributed by atoms with Crippen molar-refractivity contribution in [3.63, 3.8) is 0 Å². The summed E-state index contributed by atoms with van der Waals surface area (Å²) in [5.41, 5.74) is 4.48. The van der Waals surface area contributed by atoms with Crippen LogP contribution < -0.4 is 10.6 Å². The Labute approximate surface area is 208 Å². The lowest BCUT2D eigenvalue weighted by Gasteiger charge is -2.28. The number of nitrogens with one attached hydrogen (secondary N) is 2. The number of fused-ring (bicyclic) bond motifs is 4. The van der Waals surface area contributed by atoms with Crippen LogP contribution in [0.2, 0.25) is 0 Å². The molecule has 9 nitrogen and oxygen atoms in total. The van der Waals surface area contributed by atoms with Crippen molar-refractivity contribution in [3.8, 4) is 11.1 Å². The number of carbonyl (C=O) groups excluding carboxylic acids is 1. The quantitative estimate of drug-likeness (QED) is 0.457. The summed E-state index contributed by atoms with van der Waals surface area (Å²) in [5.74, 6) is -0.949. The van der Waals surface area contributed by atoms with Crippen molar-refractivity contribution >= 4 is 23.4 Å². The van der Waals surface area contributed by atoms with Gasteiger partial charge in [0.05, 0.1) is 12.6 Å². The van der Waals surface area contributed by atoms with E-state index < -0.39 is 49.1 Å². The Morgan fingerprint density at radius 2 is 1.74 bits per heavy atom. The van der Waals surface area contributed by atoms with Gasteiger partial charge in [0.25, 0.3) is 0 Å². The smallest absolute Gasteiger partial charge is 0.413 e. The first-order valence-electron chi connectivity index (χ1n) is 11.5. The molecule has 186 valence electrons. The molecule has 2 heterocycles. The largest absolute Gasteiger partial charge is 0.448 e. The van der Waals surface area contributed by atoms with Crippen LogP contribution in [0.5, 0.6) is 0 Å². The number of benzene rings is 2. The van der Waals surface area contributed by atoms with Crippen molar-refractivity contribution in [2.24, 2.45) is 0 Å². The molecule has 35 heavy (non-hydrogen) atoms. The summed E-state index contributed by atoms with van der Waals surface area (Å²) in [5, 5.41) is 25.7. The van der Waals surface area contributed by atoms with Crippen molar-refractivity contribution in [2.45, 2.75) is 56.2 Å². The number of hydrogen-bond acceptors (Lipinski definition) is 8. The average Bonchev–Trinajstić information content (AvgIpc) is 3.42. The third-order valence-electron chi connectivity index (χ3n) is 6.52. The van der Waals surface area contributed by atoms with Gasteiger partial charge in [0.15, 0.2) is 17.2 Å². The van der Waals surface area contributed by atoms with E-state index in [4.69, 9.17) is 31.2 Å². The molecule has 1 aliphatic carbocycles. The van der Waals surface area contributed by atoms with E-state index >= 15 is 0 Å². The van der Waals surface area contributed by atoms with Crippen molar-refractivity contribution in [2.75, 3.05) is 13.2 Å². The number of ether oxygens (including phenoxy) is 4. The Kier molecular flexibility index (Phi) is 6.51. The fourth-order valence-corrected chi connectivity index (χ4v) is 5.25. The summed E-state index contributed by atoms with van der Waals surface area (Å²) < 4.78 is 22.6. The van der Waals surface area contributed by atoms with Crippen LogP contribution in [0.4, 0.5) is 4.79 Å². The van der Waals surface area contributed by atoms with E-state index in [1.807, 2.05) is 36.4 Å². The molecule has 0 saturated carbocycles. The monoisotopic (exact) mass is 500 g/mol. The molecule has 0 spiro atoms. The molecule has 5 rings (SSSR count). The fourth-order valence-electron chi connectivity index (χ4n) is 5.01. The fraction of sp³-hybridized carbons (Fsp3) is 0.440. The lowest BCUT2D eigenvalue weighted by molar-refractivity contribution is -0.218. The highest BCUT2D eigenvalue weighted by Crippen LogP contribution is 2.44. The molecule has 1 amide bonds. The van der Waals surface area contributed by atoms with Crippen molar-refractivity contribution in [1.29, 1.82) is 0 Å². The Balaban J connectivity index is 1.16. The van der Waals surface area contributed by atoms with Crippen molar-refractivity contribution in [1.82, 2.24) is 10.6 Å². The first-order chi connectivity index (χ1) is 16.8. The Morgan fingerprint density at radius 1 is 1.11 bits per heavy atom. The highest BCUT2D eigenvalue weighted by Gasteiger charge is 2.56. The average molecular weight is 501 g/mol. The maximum absolute atomic E-state index is 12.5. The number of hydrogen-bond donors (Lipinski definition) is 4. The van der Waals surface area contributed by atoms with Crippen LogP contribution in [0.3, 0.4) is 0 Å². The van der Waals surface area contributed by atoms with Crippen LogP contribution >= 0.6 is 12.2 Å². The van der Waals surface area contributed by atoms with Gasteiger partial charge in [-0.2, -0.15) is 0 Å². The van der Waals surface area contributed by atoms with Gasteiger partial charge in [0, 0.05) is 5.92 Å². The molecule has 4 N–H and O–H groups in total. The van der Waals surface area contributed by atoms with E-state index in [0.29, 0.717) is 0 Å². The van der Waals surface area contributed by atoms with E-state index in [9.17, 15) is 15.0 Å². The minimum atomic E-state index is -1.05. The van der Waals surface area contributed by atoms with Gasteiger partial charge in [-0.1, -0.05) is 48.5 Å². The Bertz CT molecular complexity index is 1080. The van der Waals surface area contributed by atoms with Gasteiger partial charge in [-0.05, 0) is 48.3 Å². The molecule has 10 heteroatoms. The van der Waals surface area contributed by atoms with Gasteiger partial charge >= 0.3 is 6.09 Å². The standard InChI is InChI=1S/C25H28N2O7S/c1-25(2)33-21-19(29)20(32-22(21)34-25)18(11-28)26-23(35)27-24(30)31-12-17-15-9-5-3-7-13(15)14-8-4-6-10-16(14)17/h3-10,17-22,28-29H,11-12H2,1-2H3,(H2,26,27,30,35)/t18-,19-,20+,21+,22+/m0/s1. The molecule has 2 aromatic rings. The molecular weight excluding hydrogens is 472 g/mol. The minimum Gasteiger partial charge on any atom is -0.448 e. The summed E-state index contributed by atoms with van der Waals surface area (Å²) in [7, 11) is 0. The van der Waals surface area contributed by atoms with Crippen LogP contribution in [0, 0.1) is 0 Å².